The van der Waals surface area contributed by atoms with Gasteiger partial charge in [-0.05, 0) is 31.2 Å². The van der Waals surface area contributed by atoms with Crippen LogP contribution in [0.5, 0.6) is 5.75 Å². The topological polar surface area (TPSA) is 61.3 Å². The zero-order valence-corrected chi connectivity index (χ0v) is 13.0. The van der Waals surface area contributed by atoms with Gasteiger partial charge in [0, 0.05) is 5.56 Å². The predicted molar refractivity (Wildman–Crippen MR) is 79.2 cm³/mol. The van der Waals surface area contributed by atoms with E-state index in [9.17, 15) is 4.79 Å². The molecule has 106 valence electrons. The maximum Gasteiger partial charge on any atom is 0.318 e. The zero-order chi connectivity index (χ0) is 14.5. The van der Waals surface area contributed by atoms with E-state index < -0.39 is 0 Å². The summed E-state index contributed by atoms with van der Waals surface area (Å²) in [6.45, 7) is 1.78. The van der Waals surface area contributed by atoms with E-state index in [2.05, 4.69) is 14.9 Å². The first-order valence-electron chi connectivity index (χ1n) is 5.86. The zero-order valence-electron chi connectivity index (χ0n) is 11.3. The summed E-state index contributed by atoms with van der Waals surface area (Å²) >= 11 is 2.79. The van der Waals surface area contributed by atoms with Crippen molar-refractivity contribution >= 4 is 29.1 Å². The maximum atomic E-state index is 11.4. The van der Waals surface area contributed by atoms with Crippen LogP contribution in [0.2, 0.25) is 0 Å². The predicted octanol–water partition coefficient (Wildman–Crippen LogP) is 2.87. The van der Waals surface area contributed by atoms with Crippen molar-refractivity contribution in [2.24, 2.45) is 0 Å². The summed E-state index contributed by atoms with van der Waals surface area (Å²) < 4.78 is 10.5. The minimum absolute atomic E-state index is 0.267. The molecule has 0 radical (unpaired) electrons. The molecule has 0 spiro atoms. The molecule has 0 fully saturated rings. The second kappa shape index (κ2) is 6.71. The Hall–Kier alpha value is -1.60. The van der Waals surface area contributed by atoms with Crippen molar-refractivity contribution in [3.63, 3.8) is 0 Å². The highest BCUT2D eigenvalue weighted by atomic mass is 32.2. The van der Waals surface area contributed by atoms with E-state index in [1.165, 1.54) is 30.2 Å². The smallest absolute Gasteiger partial charge is 0.318 e. The van der Waals surface area contributed by atoms with Crippen molar-refractivity contribution in [3.05, 3.63) is 24.3 Å². The van der Waals surface area contributed by atoms with Gasteiger partial charge < -0.3 is 9.47 Å². The first-order valence-corrected chi connectivity index (χ1v) is 7.56. The molecule has 0 saturated heterocycles. The number of hydrogen-bond acceptors (Lipinski definition) is 7. The van der Waals surface area contributed by atoms with Crippen molar-refractivity contribution in [1.29, 1.82) is 0 Å². The van der Waals surface area contributed by atoms with Crippen molar-refractivity contribution in [2.45, 2.75) is 16.5 Å². The second-order valence-corrected chi connectivity index (χ2v) is 6.45. The quantitative estimate of drug-likeness (QED) is 0.625. The van der Waals surface area contributed by atoms with E-state index >= 15 is 0 Å². The third-order valence-electron chi connectivity index (χ3n) is 2.55. The molecule has 1 aromatic heterocycles. The van der Waals surface area contributed by atoms with Gasteiger partial charge in [0.1, 0.15) is 16.0 Å². The van der Waals surface area contributed by atoms with E-state index in [4.69, 9.17) is 4.74 Å². The van der Waals surface area contributed by atoms with Crippen LogP contribution in [0.3, 0.4) is 0 Å². The van der Waals surface area contributed by atoms with Gasteiger partial charge in [0.25, 0.3) is 0 Å². The maximum absolute atomic E-state index is 11.4. The lowest BCUT2D eigenvalue weighted by molar-refractivity contribution is -0.139. The lowest BCUT2D eigenvalue weighted by Crippen LogP contribution is -2.14. The number of hydrogen-bond donors (Lipinski definition) is 0. The average Bonchev–Trinajstić information content (AvgIpc) is 2.94. The van der Waals surface area contributed by atoms with Gasteiger partial charge in [-0.1, -0.05) is 23.1 Å². The van der Waals surface area contributed by atoms with Gasteiger partial charge in [-0.15, -0.1) is 10.2 Å². The van der Waals surface area contributed by atoms with Gasteiger partial charge in [0.15, 0.2) is 4.34 Å². The number of methoxy groups -OCH3 is 2. The van der Waals surface area contributed by atoms with Crippen molar-refractivity contribution in [3.8, 4) is 16.3 Å². The molecule has 0 amide bonds. The highest BCUT2D eigenvalue weighted by molar-refractivity contribution is 8.02. The van der Waals surface area contributed by atoms with Crippen LogP contribution in [0.4, 0.5) is 0 Å². The number of rotatable bonds is 5. The van der Waals surface area contributed by atoms with Gasteiger partial charge in [0.05, 0.1) is 14.2 Å². The van der Waals surface area contributed by atoms with Crippen LogP contribution < -0.4 is 4.74 Å². The summed E-state index contributed by atoms with van der Waals surface area (Å²) in [5.41, 5.74) is 0.973. The second-order valence-electron chi connectivity index (χ2n) is 3.88. The molecule has 2 aromatic rings. The molecule has 0 bridgehead atoms. The van der Waals surface area contributed by atoms with Gasteiger partial charge in [-0.2, -0.15) is 0 Å². The molecule has 20 heavy (non-hydrogen) atoms. The van der Waals surface area contributed by atoms with Crippen LogP contribution in [0.1, 0.15) is 6.92 Å². The average molecular weight is 310 g/mol. The lowest BCUT2D eigenvalue weighted by Gasteiger charge is -2.04. The Bertz CT molecular complexity index is 584. The van der Waals surface area contributed by atoms with Crippen LogP contribution in [0.25, 0.3) is 10.6 Å². The Labute approximate surface area is 125 Å². The van der Waals surface area contributed by atoms with E-state index in [1.54, 1.807) is 14.0 Å². The molecule has 1 unspecified atom stereocenters. The normalized spacial score (nSPS) is 11.9. The summed E-state index contributed by atoms with van der Waals surface area (Å²) in [6.07, 6.45) is 0. The van der Waals surface area contributed by atoms with E-state index in [0.29, 0.717) is 0 Å². The molecule has 1 aromatic carbocycles. The number of carbonyl (C=O) groups is 1. The van der Waals surface area contributed by atoms with Gasteiger partial charge >= 0.3 is 5.97 Å². The van der Waals surface area contributed by atoms with Crippen molar-refractivity contribution in [2.75, 3.05) is 14.2 Å². The fourth-order valence-corrected chi connectivity index (χ4v) is 3.50. The fraction of sp³-hybridized carbons (Fsp3) is 0.308. The third kappa shape index (κ3) is 3.49. The first kappa shape index (κ1) is 14.8. The number of thioether (sulfide) groups is 1. The number of esters is 1. The van der Waals surface area contributed by atoms with E-state index in [1.807, 2.05) is 24.3 Å². The molecule has 0 saturated carbocycles. The highest BCUT2D eigenvalue weighted by Gasteiger charge is 2.17. The first-order chi connectivity index (χ1) is 9.63. The van der Waals surface area contributed by atoms with Gasteiger partial charge in [0.2, 0.25) is 0 Å². The third-order valence-corrected chi connectivity index (χ3v) is 4.69. The molecular formula is C13H14N2O3S2. The Morgan fingerprint density at radius 1 is 1.25 bits per heavy atom. The van der Waals surface area contributed by atoms with Crippen LogP contribution in [0.15, 0.2) is 28.6 Å². The highest BCUT2D eigenvalue weighted by Crippen LogP contribution is 2.32. The molecule has 5 nitrogen and oxygen atoms in total. The van der Waals surface area contributed by atoms with E-state index in [-0.39, 0.29) is 11.2 Å². The number of carbonyl (C=O) groups excluding carboxylic acids is 1. The summed E-state index contributed by atoms with van der Waals surface area (Å²) in [4.78, 5) is 11.4. The minimum atomic E-state index is -0.295. The summed E-state index contributed by atoms with van der Waals surface area (Å²) in [7, 11) is 3.01. The van der Waals surface area contributed by atoms with Crippen LogP contribution in [0, 0.1) is 0 Å². The standard InChI is InChI=1S/C13H14N2O3S2/c1-8(12(16)18-3)19-13-15-14-11(20-13)9-4-6-10(17-2)7-5-9/h4-8H,1-3H3. The monoisotopic (exact) mass is 310 g/mol. The Balaban J connectivity index is 2.09. The fourth-order valence-electron chi connectivity index (χ4n) is 1.47. The molecule has 0 aliphatic heterocycles. The Kier molecular flexibility index (Phi) is 4.97. The van der Waals surface area contributed by atoms with E-state index in [0.717, 1.165) is 20.7 Å². The number of nitrogens with zero attached hydrogens (tertiary/aromatic N) is 2. The molecule has 1 atom stereocenters. The molecular weight excluding hydrogens is 296 g/mol. The molecule has 0 N–H and O–H groups in total. The number of ether oxygens (including phenoxy) is 2. The molecule has 7 heteroatoms. The lowest BCUT2D eigenvalue weighted by atomic mass is 10.2. The summed E-state index contributed by atoms with van der Waals surface area (Å²) in [6, 6.07) is 7.61. The Morgan fingerprint density at radius 2 is 1.95 bits per heavy atom. The van der Waals surface area contributed by atoms with Gasteiger partial charge in [-0.25, -0.2) is 0 Å². The van der Waals surface area contributed by atoms with Crippen LogP contribution >= 0.6 is 23.1 Å². The van der Waals surface area contributed by atoms with Gasteiger partial charge in [-0.3, -0.25) is 4.79 Å². The summed E-state index contributed by atoms with van der Waals surface area (Å²) in [5, 5.41) is 8.74. The largest absolute Gasteiger partial charge is 0.497 e. The molecule has 2 rings (SSSR count). The number of benzene rings is 1. The van der Waals surface area contributed by atoms with Crippen molar-refractivity contribution < 1.29 is 14.3 Å². The van der Waals surface area contributed by atoms with Crippen LogP contribution in [-0.2, 0) is 9.53 Å². The molecule has 0 aliphatic rings. The van der Waals surface area contributed by atoms with Crippen LogP contribution in [-0.4, -0.2) is 35.6 Å². The molecule has 0 aliphatic carbocycles. The Morgan fingerprint density at radius 3 is 2.55 bits per heavy atom. The molecule has 1 heterocycles. The number of aromatic nitrogens is 2. The summed E-state index contributed by atoms with van der Waals surface area (Å²) in [5.74, 6) is 0.531. The van der Waals surface area contributed by atoms with Crippen molar-refractivity contribution in [1.82, 2.24) is 10.2 Å². The SMILES string of the molecule is COC(=O)C(C)Sc1nnc(-c2ccc(OC)cc2)s1. The minimum Gasteiger partial charge on any atom is -0.497 e.